The van der Waals surface area contributed by atoms with E-state index in [0.29, 0.717) is 17.4 Å². The number of rotatable bonds is 9. The highest BCUT2D eigenvalue weighted by atomic mass is 19.1. The molecule has 1 unspecified atom stereocenters. The van der Waals surface area contributed by atoms with Gasteiger partial charge in [-0.1, -0.05) is 12.1 Å². The fourth-order valence-electron chi connectivity index (χ4n) is 4.01. The number of nitrogens with zero attached hydrogens (tertiary/aromatic N) is 2. The smallest absolute Gasteiger partial charge is 0.293 e. The molecule has 1 fully saturated rings. The average molecular weight is 512 g/mol. The van der Waals surface area contributed by atoms with Crippen LogP contribution >= 0.6 is 0 Å². The molecule has 2 aromatic carbocycles. The zero-order valence-corrected chi connectivity index (χ0v) is 21.6. The predicted molar refractivity (Wildman–Crippen MR) is 140 cm³/mol. The monoisotopic (exact) mass is 511 g/mol. The van der Waals surface area contributed by atoms with Crippen molar-refractivity contribution in [1.29, 1.82) is 5.26 Å². The zero-order valence-electron chi connectivity index (χ0n) is 21.6. The van der Waals surface area contributed by atoms with Crippen LogP contribution in [0.3, 0.4) is 0 Å². The molecule has 0 amide bonds. The van der Waals surface area contributed by atoms with Gasteiger partial charge in [0, 0.05) is 30.2 Å². The van der Waals surface area contributed by atoms with E-state index in [9.17, 15) is 14.4 Å². The van der Waals surface area contributed by atoms with Crippen LogP contribution in [0.5, 0.6) is 5.75 Å². The molecular formula is C28H34FN3O5. The Labute approximate surface area is 216 Å². The second-order valence-corrected chi connectivity index (χ2v) is 9.53. The van der Waals surface area contributed by atoms with Gasteiger partial charge in [-0.2, -0.15) is 5.26 Å². The quantitative estimate of drug-likeness (QED) is 0.275. The van der Waals surface area contributed by atoms with E-state index in [1.807, 2.05) is 43.4 Å². The van der Waals surface area contributed by atoms with Gasteiger partial charge in [0.05, 0.1) is 16.8 Å². The highest BCUT2D eigenvalue weighted by molar-refractivity contribution is 5.95. The summed E-state index contributed by atoms with van der Waals surface area (Å²) >= 11 is 0. The SMILES string of the molecule is CC(OC=O)C(C)(C)F.CNc1ccc(-c2c(C#N)c3ccc(OCC(O)O)cc3n2C2CCC2)cc1. The summed E-state index contributed by atoms with van der Waals surface area (Å²) in [5.74, 6) is 0.556. The van der Waals surface area contributed by atoms with Crippen molar-refractivity contribution in [1.82, 2.24) is 4.57 Å². The Kier molecular flexibility index (Phi) is 9.14. The number of hydrogen-bond acceptors (Lipinski definition) is 7. The Bertz CT molecular complexity index is 1240. The molecule has 3 aromatic rings. The van der Waals surface area contributed by atoms with Crippen LogP contribution in [0.2, 0.25) is 0 Å². The van der Waals surface area contributed by atoms with Gasteiger partial charge in [0.1, 0.15) is 30.2 Å². The van der Waals surface area contributed by atoms with Gasteiger partial charge in [-0.25, -0.2) is 4.39 Å². The predicted octanol–water partition coefficient (Wildman–Crippen LogP) is 4.93. The number of aliphatic hydroxyl groups excluding tert-OH is 1. The molecule has 1 aliphatic rings. The van der Waals surface area contributed by atoms with E-state index >= 15 is 0 Å². The van der Waals surface area contributed by atoms with E-state index in [2.05, 4.69) is 20.7 Å². The standard InChI is InChI=1S/C22H23N3O3.C6H11FO2/c1-24-15-7-5-14(6-8-15)22-19(12-23)18-10-9-17(28-13-21(26)27)11-20(18)25(22)16-3-2-4-16;1-5(9-4-8)6(2,3)7/h5-11,16,21,24,26-27H,2-4,13H2,1H3;4-5H,1-3H3. The van der Waals surface area contributed by atoms with Crippen LogP contribution < -0.4 is 10.1 Å². The summed E-state index contributed by atoms with van der Waals surface area (Å²) in [4.78, 5) is 9.67. The van der Waals surface area contributed by atoms with E-state index in [1.165, 1.54) is 27.2 Å². The largest absolute Gasteiger partial charge is 0.488 e. The van der Waals surface area contributed by atoms with Gasteiger partial charge in [-0.15, -0.1) is 0 Å². The minimum Gasteiger partial charge on any atom is -0.488 e. The first-order valence-corrected chi connectivity index (χ1v) is 12.2. The van der Waals surface area contributed by atoms with Crippen molar-refractivity contribution in [2.45, 2.75) is 64.1 Å². The molecular weight excluding hydrogens is 477 g/mol. The molecule has 1 aliphatic carbocycles. The molecule has 1 heterocycles. The van der Waals surface area contributed by atoms with Crippen molar-refractivity contribution in [3.05, 3.63) is 48.0 Å². The van der Waals surface area contributed by atoms with Crippen molar-refractivity contribution in [3.8, 4) is 23.1 Å². The lowest BCUT2D eigenvalue weighted by Crippen LogP contribution is -2.30. The fraction of sp³-hybridized carbons (Fsp3) is 0.429. The van der Waals surface area contributed by atoms with Crippen LogP contribution in [0.4, 0.5) is 10.1 Å². The summed E-state index contributed by atoms with van der Waals surface area (Å²) in [5, 5.41) is 32.1. The van der Waals surface area contributed by atoms with Gasteiger partial charge in [-0.3, -0.25) is 4.79 Å². The molecule has 3 N–H and O–H groups in total. The number of anilines is 1. The number of carbonyl (C=O) groups is 1. The molecule has 9 heteroatoms. The van der Waals surface area contributed by atoms with E-state index in [1.54, 1.807) is 6.07 Å². The van der Waals surface area contributed by atoms with Gasteiger partial charge in [0.25, 0.3) is 6.47 Å². The van der Waals surface area contributed by atoms with Crippen LogP contribution in [-0.2, 0) is 9.53 Å². The molecule has 1 atom stereocenters. The topological polar surface area (TPSA) is 117 Å². The molecule has 37 heavy (non-hydrogen) atoms. The maximum Gasteiger partial charge on any atom is 0.293 e. The highest BCUT2D eigenvalue weighted by Crippen LogP contribution is 2.43. The minimum absolute atomic E-state index is 0.195. The first-order chi connectivity index (χ1) is 17.6. The van der Waals surface area contributed by atoms with Gasteiger partial charge in [-0.05, 0) is 69.9 Å². The Balaban J connectivity index is 0.000000364. The van der Waals surface area contributed by atoms with Crippen LogP contribution in [0.15, 0.2) is 42.5 Å². The third kappa shape index (κ3) is 6.59. The van der Waals surface area contributed by atoms with E-state index < -0.39 is 18.1 Å². The molecule has 0 saturated heterocycles. The fourth-order valence-corrected chi connectivity index (χ4v) is 4.01. The number of benzene rings is 2. The Hall–Kier alpha value is -3.61. The van der Waals surface area contributed by atoms with Crippen molar-refractivity contribution in [2.24, 2.45) is 0 Å². The molecule has 0 radical (unpaired) electrons. The van der Waals surface area contributed by atoms with Crippen molar-refractivity contribution in [3.63, 3.8) is 0 Å². The number of alkyl halides is 1. The van der Waals surface area contributed by atoms with Crippen LogP contribution in [0.1, 0.15) is 51.6 Å². The summed E-state index contributed by atoms with van der Waals surface area (Å²) in [6.45, 7) is 4.29. The van der Waals surface area contributed by atoms with E-state index in [-0.39, 0.29) is 13.1 Å². The highest BCUT2D eigenvalue weighted by Gasteiger charge is 2.28. The second-order valence-electron chi connectivity index (χ2n) is 9.53. The van der Waals surface area contributed by atoms with Gasteiger partial charge in [0.15, 0.2) is 6.29 Å². The number of carbonyl (C=O) groups excluding carboxylic acids is 1. The van der Waals surface area contributed by atoms with Crippen molar-refractivity contribution in [2.75, 3.05) is 19.0 Å². The second kappa shape index (κ2) is 12.1. The molecule has 4 rings (SSSR count). The number of hydrogen-bond donors (Lipinski definition) is 3. The number of fused-ring (bicyclic) bond motifs is 1. The van der Waals surface area contributed by atoms with E-state index in [0.717, 1.165) is 40.7 Å². The number of nitriles is 1. The molecule has 198 valence electrons. The molecule has 0 aliphatic heterocycles. The number of halogens is 1. The summed E-state index contributed by atoms with van der Waals surface area (Å²) in [6.07, 6.45) is 1.14. The third-order valence-corrected chi connectivity index (χ3v) is 6.60. The first kappa shape index (κ1) is 28.0. The number of ether oxygens (including phenoxy) is 2. The summed E-state index contributed by atoms with van der Waals surface area (Å²) < 4.78 is 24.8. The molecule has 0 spiro atoms. The Morgan fingerprint density at radius 3 is 2.38 bits per heavy atom. The van der Waals surface area contributed by atoms with Gasteiger partial charge < -0.3 is 29.6 Å². The van der Waals surface area contributed by atoms with E-state index in [4.69, 9.17) is 14.9 Å². The third-order valence-electron chi connectivity index (χ3n) is 6.60. The van der Waals surface area contributed by atoms with Crippen molar-refractivity contribution < 1.29 is 28.9 Å². The number of nitrogens with one attached hydrogen (secondary N) is 1. The summed E-state index contributed by atoms with van der Waals surface area (Å²) in [5.41, 5.74) is 3.12. The molecule has 1 aromatic heterocycles. The molecule has 0 bridgehead atoms. The Morgan fingerprint density at radius 2 is 1.92 bits per heavy atom. The maximum absolute atomic E-state index is 12.7. The van der Waals surface area contributed by atoms with Gasteiger partial charge >= 0.3 is 0 Å². The average Bonchev–Trinajstić information content (AvgIpc) is 3.15. The minimum atomic E-state index is -1.52. The summed E-state index contributed by atoms with van der Waals surface area (Å²) in [7, 11) is 1.88. The Morgan fingerprint density at radius 1 is 1.24 bits per heavy atom. The maximum atomic E-state index is 12.7. The lowest BCUT2D eigenvalue weighted by Gasteiger charge is -2.30. The lowest BCUT2D eigenvalue weighted by molar-refractivity contribution is -0.139. The first-order valence-electron chi connectivity index (χ1n) is 12.2. The van der Waals surface area contributed by atoms with Crippen LogP contribution in [0, 0.1) is 11.3 Å². The van der Waals surface area contributed by atoms with Gasteiger partial charge in [0.2, 0.25) is 0 Å². The number of aliphatic hydroxyl groups is 2. The zero-order chi connectivity index (χ0) is 27.2. The lowest BCUT2D eigenvalue weighted by atomic mass is 9.92. The van der Waals surface area contributed by atoms with Crippen LogP contribution in [0.25, 0.3) is 22.2 Å². The number of aromatic nitrogens is 1. The van der Waals surface area contributed by atoms with Crippen LogP contribution in [-0.4, -0.2) is 53.0 Å². The van der Waals surface area contributed by atoms with Crippen molar-refractivity contribution >= 4 is 23.1 Å². The summed E-state index contributed by atoms with van der Waals surface area (Å²) in [6, 6.07) is 16.4. The molecule has 8 nitrogen and oxygen atoms in total. The molecule has 1 saturated carbocycles. The normalized spacial score (nSPS) is 14.2.